The average Bonchev–Trinajstić information content (AvgIpc) is 2.93. The van der Waals surface area contributed by atoms with Gasteiger partial charge in [-0.3, -0.25) is 10.1 Å². The summed E-state index contributed by atoms with van der Waals surface area (Å²) in [6, 6.07) is 9.16. The van der Waals surface area contributed by atoms with Crippen LogP contribution in [0.25, 0.3) is 0 Å². The highest BCUT2D eigenvalue weighted by molar-refractivity contribution is 5.78. The Kier molecular flexibility index (Phi) is 5.33. The topological polar surface area (TPSA) is 85.8 Å². The molecule has 0 saturated carbocycles. The SMILES string of the molecule is Cn1ncc([N+](=O)[O-])c1N1CCC(ON=Cc2ccccc2)CC(F)(F)C1. The summed E-state index contributed by atoms with van der Waals surface area (Å²) >= 11 is 0. The molecule has 1 aliphatic rings. The second kappa shape index (κ2) is 7.68. The minimum atomic E-state index is -3.08. The van der Waals surface area contributed by atoms with Gasteiger partial charge in [0.05, 0.1) is 24.1 Å². The molecule has 8 nitrogen and oxygen atoms in total. The molecular formula is C17H19F2N5O3. The first-order valence-electron chi connectivity index (χ1n) is 8.39. The number of hydrogen-bond acceptors (Lipinski definition) is 6. The molecule has 1 fully saturated rings. The van der Waals surface area contributed by atoms with Crippen LogP contribution in [-0.4, -0.2) is 46.0 Å². The number of aryl methyl sites for hydroxylation is 1. The van der Waals surface area contributed by atoms with Crippen LogP contribution in [-0.2, 0) is 11.9 Å². The normalized spacial score (nSPS) is 19.8. The zero-order valence-electron chi connectivity index (χ0n) is 14.7. The number of anilines is 1. The smallest absolute Gasteiger partial charge is 0.331 e. The lowest BCUT2D eigenvalue weighted by Gasteiger charge is -2.24. The van der Waals surface area contributed by atoms with Crippen molar-refractivity contribution in [3.05, 3.63) is 52.2 Å². The number of nitrogens with zero attached hydrogens (tertiary/aromatic N) is 5. The second-order valence-corrected chi connectivity index (χ2v) is 6.38. The third-order valence-electron chi connectivity index (χ3n) is 4.27. The van der Waals surface area contributed by atoms with Crippen LogP contribution in [0.2, 0.25) is 0 Å². The van der Waals surface area contributed by atoms with E-state index in [1.807, 2.05) is 30.3 Å². The van der Waals surface area contributed by atoms with Crippen LogP contribution < -0.4 is 4.90 Å². The van der Waals surface area contributed by atoms with E-state index in [2.05, 4.69) is 10.3 Å². The fourth-order valence-corrected chi connectivity index (χ4v) is 3.06. The molecule has 1 atom stereocenters. The largest absolute Gasteiger partial charge is 0.392 e. The number of oxime groups is 1. The summed E-state index contributed by atoms with van der Waals surface area (Å²) in [7, 11) is 1.49. The van der Waals surface area contributed by atoms with Gasteiger partial charge in [-0.05, 0) is 5.56 Å². The van der Waals surface area contributed by atoms with E-state index < -0.39 is 29.9 Å². The number of alkyl halides is 2. The zero-order chi connectivity index (χ0) is 19.4. The Labute approximate surface area is 154 Å². The van der Waals surface area contributed by atoms with Crippen molar-refractivity contribution in [1.29, 1.82) is 0 Å². The summed E-state index contributed by atoms with van der Waals surface area (Å²) in [5, 5.41) is 18.8. The Bertz CT molecular complexity index is 825. The molecule has 3 rings (SSSR count). The van der Waals surface area contributed by atoms with E-state index >= 15 is 0 Å². The molecule has 0 spiro atoms. The highest BCUT2D eigenvalue weighted by Gasteiger charge is 2.41. The first-order valence-corrected chi connectivity index (χ1v) is 8.39. The molecule has 0 aliphatic carbocycles. The van der Waals surface area contributed by atoms with Gasteiger partial charge in [0.15, 0.2) is 0 Å². The predicted octanol–water partition coefficient (Wildman–Crippen LogP) is 2.98. The highest BCUT2D eigenvalue weighted by Crippen LogP contribution is 2.34. The Morgan fingerprint density at radius 1 is 1.41 bits per heavy atom. The van der Waals surface area contributed by atoms with Crippen molar-refractivity contribution < 1.29 is 18.5 Å². The van der Waals surface area contributed by atoms with E-state index in [0.29, 0.717) is 0 Å². The molecule has 144 valence electrons. The molecule has 1 saturated heterocycles. The van der Waals surface area contributed by atoms with Crippen LogP contribution in [0.15, 0.2) is 41.7 Å². The summed E-state index contributed by atoms with van der Waals surface area (Å²) in [6.07, 6.45) is 1.48. The van der Waals surface area contributed by atoms with Gasteiger partial charge in [-0.15, -0.1) is 0 Å². The van der Waals surface area contributed by atoms with Crippen molar-refractivity contribution in [2.24, 2.45) is 12.2 Å². The Morgan fingerprint density at radius 3 is 2.85 bits per heavy atom. The molecule has 0 radical (unpaired) electrons. The molecule has 0 amide bonds. The summed E-state index contributed by atoms with van der Waals surface area (Å²) in [4.78, 5) is 17.1. The van der Waals surface area contributed by atoms with E-state index in [1.54, 1.807) is 0 Å². The zero-order valence-corrected chi connectivity index (χ0v) is 14.7. The van der Waals surface area contributed by atoms with Crippen LogP contribution in [0.4, 0.5) is 20.3 Å². The average molecular weight is 379 g/mol. The maximum absolute atomic E-state index is 14.4. The van der Waals surface area contributed by atoms with Crippen molar-refractivity contribution in [2.75, 3.05) is 18.0 Å². The van der Waals surface area contributed by atoms with E-state index in [4.69, 9.17) is 4.84 Å². The first kappa shape index (κ1) is 18.7. The Balaban J connectivity index is 1.72. The van der Waals surface area contributed by atoms with Crippen molar-refractivity contribution in [3.8, 4) is 0 Å². The monoisotopic (exact) mass is 379 g/mol. The fourth-order valence-electron chi connectivity index (χ4n) is 3.06. The maximum atomic E-state index is 14.4. The molecule has 27 heavy (non-hydrogen) atoms. The standard InChI is InChI=1S/C17H19F2N5O3/c1-22-16(15(11-20-22)24(25)26)23-8-7-14(9-17(18,19)12-23)27-21-10-13-5-3-2-4-6-13/h2-6,10-11,14H,7-9,12H2,1H3. The van der Waals surface area contributed by atoms with E-state index in [1.165, 1.54) is 22.8 Å². The van der Waals surface area contributed by atoms with Gasteiger partial charge in [0, 0.05) is 20.0 Å². The lowest BCUT2D eigenvalue weighted by atomic mass is 10.1. The van der Waals surface area contributed by atoms with Gasteiger partial charge >= 0.3 is 5.69 Å². The van der Waals surface area contributed by atoms with Gasteiger partial charge in [-0.25, -0.2) is 13.5 Å². The highest BCUT2D eigenvalue weighted by atomic mass is 19.3. The molecule has 0 bridgehead atoms. The lowest BCUT2D eigenvalue weighted by molar-refractivity contribution is -0.384. The van der Waals surface area contributed by atoms with Crippen LogP contribution in [0.5, 0.6) is 0 Å². The van der Waals surface area contributed by atoms with Gasteiger partial charge < -0.3 is 9.74 Å². The molecule has 1 unspecified atom stereocenters. The minimum absolute atomic E-state index is 0.0631. The van der Waals surface area contributed by atoms with Crippen molar-refractivity contribution in [1.82, 2.24) is 9.78 Å². The van der Waals surface area contributed by atoms with Gasteiger partial charge in [-0.1, -0.05) is 35.5 Å². The predicted molar refractivity (Wildman–Crippen MR) is 95.2 cm³/mol. The Hall–Kier alpha value is -3.04. The molecule has 1 aromatic carbocycles. The van der Waals surface area contributed by atoms with Gasteiger partial charge in [0.1, 0.15) is 12.3 Å². The van der Waals surface area contributed by atoms with Crippen LogP contribution in [0.3, 0.4) is 0 Å². The quantitative estimate of drug-likeness (QED) is 0.453. The number of halogens is 2. The molecule has 0 N–H and O–H groups in total. The first-order chi connectivity index (χ1) is 12.9. The fraction of sp³-hybridized carbons (Fsp3) is 0.412. The number of benzene rings is 1. The van der Waals surface area contributed by atoms with Crippen molar-refractivity contribution in [3.63, 3.8) is 0 Å². The summed E-state index contributed by atoms with van der Waals surface area (Å²) in [6.45, 7) is -0.475. The molecular weight excluding hydrogens is 360 g/mol. The maximum Gasteiger partial charge on any atom is 0.331 e. The van der Waals surface area contributed by atoms with Gasteiger partial charge in [-0.2, -0.15) is 5.10 Å². The van der Waals surface area contributed by atoms with Crippen LogP contribution in [0, 0.1) is 10.1 Å². The molecule has 10 heteroatoms. The number of nitro groups is 1. The number of rotatable bonds is 5. The molecule has 1 aliphatic heterocycles. The summed E-state index contributed by atoms with van der Waals surface area (Å²) in [5.74, 6) is -3.02. The van der Waals surface area contributed by atoms with Gasteiger partial charge in [0.2, 0.25) is 5.82 Å². The Morgan fingerprint density at radius 2 is 2.15 bits per heavy atom. The molecule has 2 heterocycles. The summed E-state index contributed by atoms with van der Waals surface area (Å²) < 4.78 is 30.0. The third-order valence-corrected chi connectivity index (χ3v) is 4.27. The number of hydrogen-bond donors (Lipinski definition) is 0. The minimum Gasteiger partial charge on any atom is -0.392 e. The van der Waals surface area contributed by atoms with Crippen LogP contribution in [0.1, 0.15) is 18.4 Å². The van der Waals surface area contributed by atoms with E-state index in [9.17, 15) is 18.9 Å². The van der Waals surface area contributed by atoms with E-state index in [-0.39, 0.29) is 24.5 Å². The molecule has 1 aromatic heterocycles. The lowest BCUT2D eigenvalue weighted by Crippen LogP contribution is -2.36. The third kappa shape index (κ3) is 4.57. The van der Waals surface area contributed by atoms with Crippen molar-refractivity contribution in [2.45, 2.75) is 24.9 Å². The summed E-state index contributed by atoms with van der Waals surface area (Å²) in [5.41, 5.74) is 0.500. The van der Waals surface area contributed by atoms with E-state index in [0.717, 1.165) is 11.8 Å². The van der Waals surface area contributed by atoms with Gasteiger partial charge in [0.25, 0.3) is 5.92 Å². The number of aromatic nitrogens is 2. The second-order valence-electron chi connectivity index (χ2n) is 6.38. The van der Waals surface area contributed by atoms with Crippen molar-refractivity contribution >= 4 is 17.7 Å². The van der Waals surface area contributed by atoms with Crippen LogP contribution >= 0.6 is 0 Å². The molecule has 2 aromatic rings.